The third kappa shape index (κ3) is 3.80. The van der Waals surface area contributed by atoms with Crippen LogP contribution in [-0.4, -0.2) is 37.4 Å². The third-order valence-electron chi connectivity index (χ3n) is 2.57. The molecule has 1 saturated heterocycles. The van der Waals surface area contributed by atoms with Crippen LogP contribution in [0.3, 0.4) is 0 Å². The van der Waals surface area contributed by atoms with Crippen molar-refractivity contribution in [3.8, 4) is 0 Å². The van der Waals surface area contributed by atoms with Crippen LogP contribution in [0, 0.1) is 0 Å². The van der Waals surface area contributed by atoms with Crippen molar-refractivity contribution in [1.29, 1.82) is 0 Å². The first-order chi connectivity index (χ1) is 7.06. The molecule has 0 amide bonds. The van der Waals surface area contributed by atoms with Gasteiger partial charge in [-0.1, -0.05) is 0 Å². The number of ether oxygens (including phenoxy) is 2. The van der Waals surface area contributed by atoms with Crippen molar-refractivity contribution in [1.82, 2.24) is 5.32 Å². The Balaban J connectivity index is 2.42. The summed E-state index contributed by atoms with van der Waals surface area (Å²) in [6.07, 6.45) is 1.92. The van der Waals surface area contributed by atoms with Crippen molar-refractivity contribution in [2.45, 2.75) is 45.2 Å². The van der Waals surface area contributed by atoms with Gasteiger partial charge in [-0.15, -0.1) is 0 Å². The Hall–Kier alpha value is -0.610. The number of hydrogen-bond acceptors (Lipinski definition) is 4. The summed E-state index contributed by atoms with van der Waals surface area (Å²) in [6.45, 7) is 7.52. The predicted octanol–water partition coefficient (Wildman–Crippen LogP) is 1.10. The van der Waals surface area contributed by atoms with Crippen LogP contribution in [0.15, 0.2) is 0 Å². The highest BCUT2D eigenvalue weighted by molar-refractivity contribution is 5.79. The Morgan fingerprint density at radius 1 is 1.47 bits per heavy atom. The smallest absolute Gasteiger partial charge is 0.325 e. The second kappa shape index (κ2) is 5.47. The lowest BCUT2D eigenvalue weighted by atomic mass is 10.0. The van der Waals surface area contributed by atoms with Crippen LogP contribution in [0.2, 0.25) is 0 Å². The highest BCUT2D eigenvalue weighted by Gasteiger charge is 2.31. The lowest BCUT2D eigenvalue weighted by Crippen LogP contribution is -2.53. The van der Waals surface area contributed by atoms with Crippen LogP contribution in [0.1, 0.15) is 33.6 Å². The van der Waals surface area contributed by atoms with Crippen molar-refractivity contribution in [3.05, 3.63) is 0 Å². The summed E-state index contributed by atoms with van der Waals surface area (Å²) in [5.41, 5.74) is -0.599. The number of carbonyl (C=O) groups excluding carboxylic acids is 1. The molecule has 1 fully saturated rings. The maximum absolute atomic E-state index is 11.6. The van der Waals surface area contributed by atoms with Crippen LogP contribution in [-0.2, 0) is 14.3 Å². The van der Waals surface area contributed by atoms with Crippen molar-refractivity contribution < 1.29 is 14.3 Å². The average molecular weight is 215 g/mol. The minimum Gasteiger partial charge on any atom is -0.465 e. The number of nitrogens with one attached hydrogen (secondary N) is 1. The fourth-order valence-electron chi connectivity index (χ4n) is 1.72. The highest BCUT2D eigenvalue weighted by Crippen LogP contribution is 2.13. The van der Waals surface area contributed by atoms with Gasteiger partial charge in [0, 0.05) is 19.3 Å². The number of rotatable bonds is 4. The summed E-state index contributed by atoms with van der Waals surface area (Å²) in [5.74, 6) is -0.184. The molecule has 0 saturated carbocycles. The summed E-state index contributed by atoms with van der Waals surface area (Å²) in [7, 11) is 0. The Bertz CT molecular complexity index is 210. The molecule has 0 radical (unpaired) electrons. The molecule has 15 heavy (non-hydrogen) atoms. The molecule has 1 aliphatic heterocycles. The van der Waals surface area contributed by atoms with Gasteiger partial charge in [-0.05, 0) is 33.6 Å². The molecule has 0 unspecified atom stereocenters. The molecule has 4 heteroatoms. The standard InChI is InChI=1S/C11H21NO3/c1-4-15-10(13)11(2,3)12-9-5-7-14-8-6-9/h9,12H,4-8H2,1-3H3. The number of esters is 1. The van der Waals surface area contributed by atoms with Gasteiger partial charge in [0.15, 0.2) is 0 Å². The predicted molar refractivity (Wildman–Crippen MR) is 57.7 cm³/mol. The second-order valence-corrected chi connectivity index (χ2v) is 4.38. The molecule has 0 bridgehead atoms. The van der Waals surface area contributed by atoms with E-state index in [1.54, 1.807) is 0 Å². The van der Waals surface area contributed by atoms with E-state index in [2.05, 4.69) is 5.32 Å². The normalized spacial score (nSPS) is 18.9. The fraction of sp³-hybridized carbons (Fsp3) is 0.909. The molecule has 0 aromatic carbocycles. The van der Waals surface area contributed by atoms with Crippen LogP contribution in [0.4, 0.5) is 0 Å². The summed E-state index contributed by atoms with van der Waals surface area (Å²) in [6, 6.07) is 0.359. The number of carbonyl (C=O) groups is 1. The summed E-state index contributed by atoms with van der Waals surface area (Å²) < 4.78 is 10.3. The van der Waals surface area contributed by atoms with E-state index < -0.39 is 5.54 Å². The molecular formula is C11H21NO3. The molecule has 88 valence electrons. The quantitative estimate of drug-likeness (QED) is 0.713. The molecule has 0 aromatic heterocycles. The molecule has 1 rings (SSSR count). The van der Waals surface area contributed by atoms with Gasteiger partial charge in [-0.25, -0.2) is 0 Å². The largest absolute Gasteiger partial charge is 0.465 e. The monoisotopic (exact) mass is 215 g/mol. The van der Waals surface area contributed by atoms with Crippen molar-refractivity contribution >= 4 is 5.97 Å². The summed E-state index contributed by atoms with van der Waals surface area (Å²) in [4.78, 5) is 11.6. The zero-order valence-electron chi connectivity index (χ0n) is 9.84. The van der Waals surface area contributed by atoms with Crippen molar-refractivity contribution in [2.24, 2.45) is 0 Å². The summed E-state index contributed by atoms with van der Waals surface area (Å²) in [5, 5.41) is 3.33. The molecule has 1 heterocycles. The summed E-state index contributed by atoms with van der Waals surface area (Å²) >= 11 is 0. The molecule has 1 N–H and O–H groups in total. The van der Waals surface area contributed by atoms with Gasteiger partial charge >= 0.3 is 5.97 Å². The van der Waals surface area contributed by atoms with E-state index in [-0.39, 0.29) is 5.97 Å². The molecule has 1 aliphatic rings. The maximum Gasteiger partial charge on any atom is 0.325 e. The van der Waals surface area contributed by atoms with Crippen LogP contribution in [0.25, 0.3) is 0 Å². The number of hydrogen-bond donors (Lipinski definition) is 1. The third-order valence-corrected chi connectivity index (χ3v) is 2.57. The zero-order valence-corrected chi connectivity index (χ0v) is 9.84. The SMILES string of the molecule is CCOC(=O)C(C)(C)NC1CCOCC1. The van der Waals surface area contributed by atoms with Gasteiger partial charge in [0.05, 0.1) is 6.61 Å². The lowest BCUT2D eigenvalue weighted by Gasteiger charge is -2.32. The van der Waals surface area contributed by atoms with Crippen LogP contribution >= 0.6 is 0 Å². The van der Waals surface area contributed by atoms with E-state index in [1.165, 1.54) is 0 Å². The van der Waals surface area contributed by atoms with Crippen LogP contribution in [0.5, 0.6) is 0 Å². The maximum atomic E-state index is 11.6. The van der Waals surface area contributed by atoms with Crippen molar-refractivity contribution in [2.75, 3.05) is 19.8 Å². The van der Waals surface area contributed by atoms with Crippen LogP contribution < -0.4 is 5.32 Å². The Morgan fingerprint density at radius 3 is 2.60 bits per heavy atom. The highest BCUT2D eigenvalue weighted by atomic mass is 16.5. The molecule has 0 aromatic rings. The van der Waals surface area contributed by atoms with Gasteiger partial charge < -0.3 is 9.47 Å². The molecule has 0 atom stereocenters. The first-order valence-electron chi connectivity index (χ1n) is 5.59. The molecule has 0 spiro atoms. The minimum absolute atomic E-state index is 0.184. The van der Waals surface area contributed by atoms with E-state index in [4.69, 9.17) is 9.47 Å². The van der Waals surface area contributed by atoms with E-state index in [9.17, 15) is 4.79 Å². The topological polar surface area (TPSA) is 47.6 Å². The Morgan fingerprint density at radius 2 is 2.07 bits per heavy atom. The second-order valence-electron chi connectivity index (χ2n) is 4.38. The van der Waals surface area contributed by atoms with E-state index >= 15 is 0 Å². The van der Waals surface area contributed by atoms with E-state index in [0.29, 0.717) is 12.6 Å². The average Bonchev–Trinajstić information content (AvgIpc) is 2.19. The van der Waals surface area contributed by atoms with Gasteiger partial charge in [-0.2, -0.15) is 0 Å². The van der Waals surface area contributed by atoms with Gasteiger partial charge in [0.2, 0.25) is 0 Å². The van der Waals surface area contributed by atoms with Gasteiger partial charge in [0.1, 0.15) is 5.54 Å². The van der Waals surface area contributed by atoms with E-state index in [0.717, 1.165) is 26.1 Å². The molecular weight excluding hydrogens is 194 g/mol. The minimum atomic E-state index is -0.599. The lowest BCUT2D eigenvalue weighted by molar-refractivity contribution is -0.150. The van der Waals surface area contributed by atoms with Gasteiger partial charge in [0.25, 0.3) is 0 Å². The van der Waals surface area contributed by atoms with E-state index in [1.807, 2.05) is 20.8 Å². The Labute approximate surface area is 91.3 Å². The fourth-order valence-corrected chi connectivity index (χ4v) is 1.72. The molecule has 4 nitrogen and oxygen atoms in total. The first-order valence-corrected chi connectivity index (χ1v) is 5.59. The molecule has 0 aliphatic carbocycles. The Kier molecular flexibility index (Phi) is 4.54. The zero-order chi connectivity index (χ0) is 11.3. The van der Waals surface area contributed by atoms with Crippen molar-refractivity contribution in [3.63, 3.8) is 0 Å². The van der Waals surface area contributed by atoms with Gasteiger partial charge in [-0.3, -0.25) is 10.1 Å². The first kappa shape index (κ1) is 12.5.